The number of aryl methyl sites for hydroxylation is 1. The van der Waals surface area contributed by atoms with Gasteiger partial charge >= 0.3 is 5.69 Å². The highest BCUT2D eigenvalue weighted by Crippen LogP contribution is 2.15. The number of hydrogen-bond acceptors (Lipinski definition) is 3. The first kappa shape index (κ1) is 20.6. The fourth-order valence-electron chi connectivity index (χ4n) is 3.52. The first-order chi connectivity index (χ1) is 15.0. The molecule has 1 amide bonds. The highest BCUT2D eigenvalue weighted by molar-refractivity contribution is 6.30. The van der Waals surface area contributed by atoms with Crippen molar-refractivity contribution in [1.82, 2.24) is 9.13 Å². The predicted molar refractivity (Wildman–Crippen MR) is 123 cm³/mol. The van der Waals surface area contributed by atoms with E-state index in [1.165, 1.54) is 9.13 Å². The Labute approximate surface area is 183 Å². The summed E-state index contributed by atoms with van der Waals surface area (Å²) in [5.41, 5.74) is 1.11. The van der Waals surface area contributed by atoms with E-state index in [2.05, 4.69) is 5.32 Å². The normalized spacial score (nSPS) is 10.9. The molecule has 31 heavy (non-hydrogen) atoms. The number of anilines is 1. The second kappa shape index (κ2) is 9.02. The summed E-state index contributed by atoms with van der Waals surface area (Å²) >= 11 is 5.97. The maximum absolute atomic E-state index is 13.2. The Morgan fingerprint density at radius 1 is 0.871 bits per heavy atom. The summed E-state index contributed by atoms with van der Waals surface area (Å²) < 4.78 is 2.53. The Balaban J connectivity index is 1.69. The average Bonchev–Trinajstić information content (AvgIpc) is 2.77. The molecule has 7 heteroatoms. The van der Waals surface area contributed by atoms with E-state index in [1.807, 2.05) is 30.3 Å². The van der Waals surface area contributed by atoms with E-state index in [4.69, 9.17) is 11.6 Å². The van der Waals surface area contributed by atoms with Crippen LogP contribution in [0.2, 0.25) is 5.02 Å². The number of amides is 1. The van der Waals surface area contributed by atoms with Gasteiger partial charge in [0.05, 0.1) is 10.9 Å². The van der Waals surface area contributed by atoms with Gasteiger partial charge in [-0.1, -0.05) is 60.1 Å². The molecule has 0 bridgehead atoms. The number of para-hydroxylation sites is 1. The third kappa shape index (κ3) is 4.59. The predicted octanol–water partition coefficient (Wildman–Crippen LogP) is 3.70. The Morgan fingerprint density at radius 2 is 1.61 bits per heavy atom. The van der Waals surface area contributed by atoms with E-state index >= 15 is 0 Å². The minimum Gasteiger partial charge on any atom is -0.324 e. The van der Waals surface area contributed by atoms with Crippen LogP contribution < -0.4 is 16.6 Å². The molecule has 0 unspecified atom stereocenters. The van der Waals surface area contributed by atoms with Gasteiger partial charge in [-0.3, -0.25) is 18.7 Å². The smallest absolute Gasteiger partial charge is 0.324 e. The zero-order valence-electron chi connectivity index (χ0n) is 16.6. The minimum absolute atomic E-state index is 0.225. The Hall–Kier alpha value is -3.64. The highest BCUT2D eigenvalue weighted by atomic mass is 35.5. The number of nitrogens with one attached hydrogen (secondary N) is 1. The first-order valence-corrected chi connectivity index (χ1v) is 10.2. The van der Waals surface area contributed by atoms with Crippen molar-refractivity contribution in [2.45, 2.75) is 19.5 Å². The minimum atomic E-state index is -0.513. The van der Waals surface area contributed by atoms with E-state index in [1.54, 1.807) is 48.5 Å². The van der Waals surface area contributed by atoms with Gasteiger partial charge in [0.2, 0.25) is 5.91 Å². The van der Waals surface area contributed by atoms with Gasteiger partial charge in [0.15, 0.2) is 0 Å². The molecule has 0 atom stereocenters. The van der Waals surface area contributed by atoms with Crippen molar-refractivity contribution in [3.63, 3.8) is 0 Å². The number of carbonyl (C=O) groups is 1. The number of aromatic nitrogens is 2. The molecule has 0 aliphatic heterocycles. The van der Waals surface area contributed by atoms with Crippen molar-refractivity contribution < 1.29 is 4.79 Å². The van der Waals surface area contributed by atoms with Gasteiger partial charge in [0.1, 0.15) is 6.54 Å². The van der Waals surface area contributed by atoms with Crippen molar-refractivity contribution in [3.05, 3.63) is 110 Å². The quantitative estimate of drug-likeness (QED) is 0.504. The molecule has 0 aliphatic carbocycles. The van der Waals surface area contributed by atoms with Crippen LogP contribution in [0.1, 0.15) is 5.56 Å². The van der Waals surface area contributed by atoms with Crippen molar-refractivity contribution in [3.8, 4) is 0 Å². The second-order valence-corrected chi connectivity index (χ2v) is 7.57. The molecule has 4 aromatic rings. The molecule has 1 heterocycles. The topological polar surface area (TPSA) is 73.1 Å². The van der Waals surface area contributed by atoms with Crippen LogP contribution in [0.15, 0.2) is 88.5 Å². The molecule has 0 aliphatic rings. The molecule has 3 aromatic carbocycles. The fourth-order valence-corrected chi connectivity index (χ4v) is 3.71. The lowest BCUT2D eigenvalue weighted by atomic mass is 10.1. The molecule has 1 N–H and O–H groups in total. The molecule has 1 aromatic heterocycles. The van der Waals surface area contributed by atoms with Gasteiger partial charge < -0.3 is 5.32 Å². The lowest BCUT2D eigenvalue weighted by Crippen LogP contribution is -2.42. The monoisotopic (exact) mass is 433 g/mol. The zero-order chi connectivity index (χ0) is 21.8. The number of carbonyl (C=O) groups excluding carboxylic acids is 1. The number of rotatable bonds is 6. The fraction of sp³-hybridized carbons (Fsp3) is 0.125. The highest BCUT2D eigenvalue weighted by Gasteiger charge is 2.15. The number of benzene rings is 3. The molecule has 0 fully saturated rings. The van der Waals surface area contributed by atoms with Crippen LogP contribution in [0.3, 0.4) is 0 Å². The molecule has 0 radical (unpaired) electrons. The largest absolute Gasteiger partial charge is 0.331 e. The van der Waals surface area contributed by atoms with Crippen molar-refractivity contribution >= 4 is 34.1 Å². The van der Waals surface area contributed by atoms with Gasteiger partial charge in [-0.2, -0.15) is 0 Å². The van der Waals surface area contributed by atoms with Crippen LogP contribution in [0.5, 0.6) is 0 Å². The van der Waals surface area contributed by atoms with Gasteiger partial charge in [-0.15, -0.1) is 0 Å². The van der Waals surface area contributed by atoms with Crippen LogP contribution in [0.4, 0.5) is 5.69 Å². The third-order valence-electron chi connectivity index (χ3n) is 5.01. The van der Waals surface area contributed by atoms with E-state index in [0.29, 0.717) is 28.0 Å². The van der Waals surface area contributed by atoms with E-state index < -0.39 is 5.69 Å². The van der Waals surface area contributed by atoms with E-state index in [9.17, 15) is 14.4 Å². The Kier molecular flexibility index (Phi) is 6.00. The third-order valence-corrected chi connectivity index (χ3v) is 5.24. The Morgan fingerprint density at radius 3 is 2.39 bits per heavy atom. The SMILES string of the molecule is O=C(Cn1c(=O)n(CCc2ccccc2)c(=O)c2ccccc21)Nc1cccc(Cl)c1. The lowest BCUT2D eigenvalue weighted by Gasteiger charge is -2.14. The maximum Gasteiger partial charge on any atom is 0.331 e. The Bertz CT molecular complexity index is 1360. The molecule has 0 saturated carbocycles. The van der Waals surface area contributed by atoms with Crippen LogP contribution in [0.25, 0.3) is 10.9 Å². The number of nitrogens with zero attached hydrogens (tertiary/aromatic N) is 2. The summed E-state index contributed by atoms with van der Waals surface area (Å²) in [4.78, 5) is 38.8. The summed E-state index contributed by atoms with van der Waals surface area (Å²) in [7, 11) is 0. The number of fused-ring (bicyclic) bond motifs is 1. The number of halogens is 1. The van der Waals surface area contributed by atoms with Gasteiger partial charge in [0.25, 0.3) is 5.56 Å². The second-order valence-electron chi connectivity index (χ2n) is 7.14. The van der Waals surface area contributed by atoms with Crippen LogP contribution in [-0.4, -0.2) is 15.0 Å². The molecular formula is C24H20ClN3O3. The van der Waals surface area contributed by atoms with Crippen molar-refractivity contribution in [2.75, 3.05) is 5.32 Å². The average molecular weight is 434 g/mol. The summed E-state index contributed by atoms with van der Waals surface area (Å²) in [5.74, 6) is -0.386. The summed E-state index contributed by atoms with van der Waals surface area (Å²) in [5, 5.41) is 3.63. The van der Waals surface area contributed by atoms with Crippen molar-refractivity contribution in [2.24, 2.45) is 0 Å². The summed E-state index contributed by atoms with van der Waals surface area (Å²) in [6, 6.07) is 23.2. The van der Waals surface area contributed by atoms with Crippen molar-refractivity contribution in [1.29, 1.82) is 0 Å². The summed E-state index contributed by atoms with van der Waals surface area (Å²) in [6.07, 6.45) is 0.531. The number of hydrogen-bond donors (Lipinski definition) is 1. The molecule has 6 nitrogen and oxygen atoms in total. The lowest BCUT2D eigenvalue weighted by molar-refractivity contribution is -0.116. The molecular weight excluding hydrogens is 414 g/mol. The van der Waals surface area contributed by atoms with Crippen LogP contribution >= 0.6 is 11.6 Å². The van der Waals surface area contributed by atoms with Gasteiger partial charge in [-0.05, 0) is 42.3 Å². The van der Waals surface area contributed by atoms with Gasteiger partial charge in [-0.25, -0.2) is 4.79 Å². The standard InChI is InChI=1S/C24H20ClN3O3/c25-18-9-6-10-19(15-18)26-22(29)16-28-21-12-5-4-11-20(21)23(30)27(24(28)31)14-13-17-7-2-1-3-8-17/h1-12,15H,13-14,16H2,(H,26,29). The molecule has 0 spiro atoms. The zero-order valence-corrected chi connectivity index (χ0v) is 17.4. The molecule has 4 rings (SSSR count). The molecule has 0 saturated heterocycles. The van der Waals surface area contributed by atoms with E-state index in [-0.39, 0.29) is 24.6 Å². The van der Waals surface area contributed by atoms with Crippen LogP contribution in [0, 0.1) is 0 Å². The molecule has 156 valence electrons. The van der Waals surface area contributed by atoms with Gasteiger partial charge in [0, 0.05) is 17.3 Å². The first-order valence-electron chi connectivity index (χ1n) is 9.84. The maximum atomic E-state index is 13.2. The van der Waals surface area contributed by atoms with E-state index in [0.717, 1.165) is 5.56 Å². The summed E-state index contributed by atoms with van der Waals surface area (Å²) in [6.45, 7) is -0.0000957. The van der Waals surface area contributed by atoms with Crippen LogP contribution in [-0.2, 0) is 24.3 Å².